The van der Waals surface area contributed by atoms with E-state index in [1.807, 2.05) is 54.0 Å². The van der Waals surface area contributed by atoms with Gasteiger partial charge in [-0.2, -0.15) is 0 Å². The number of carbonyl (C=O) groups excluding carboxylic acids is 1. The van der Waals surface area contributed by atoms with Crippen molar-refractivity contribution in [3.63, 3.8) is 0 Å². The largest absolute Gasteiger partial charge is 0.396 e. The van der Waals surface area contributed by atoms with E-state index in [4.69, 9.17) is 9.47 Å². The first kappa shape index (κ1) is 21.5. The molecule has 33 heavy (non-hydrogen) atoms. The molecule has 0 spiro atoms. The summed E-state index contributed by atoms with van der Waals surface area (Å²) in [7, 11) is 0. The lowest BCUT2D eigenvalue weighted by atomic mass is 10.1. The summed E-state index contributed by atoms with van der Waals surface area (Å²) in [4.78, 5) is 25.0. The summed E-state index contributed by atoms with van der Waals surface area (Å²) in [5.74, 6) is 0.271. The lowest BCUT2D eigenvalue weighted by Gasteiger charge is -2.19. The van der Waals surface area contributed by atoms with Gasteiger partial charge in [-0.25, -0.2) is 19.7 Å². The number of ether oxygens (including phenoxy) is 2. The maximum atomic E-state index is 12.0. The summed E-state index contributed by atoms with van der Waals surface area (Å²) in [6.45, 7) is 2.34. The Morgan fingerprint density at radius 3 is 2.82 bits per heavy atom. The number of aliphatic hydroxyl groups is 1. The van der Waals surface area contributed by atoms with Gasteiger partial charge in [0.2, 0.25) is 0 Å². The second-order valence-electron chi connectivity index (χ2n) is 8.12. The van der Waals surface area contributed by atoms with E-state index >= 15 is 0 Å². The van der Waals surface area contributed by atoms with E-state index in [0.717, 1.165) is 5.56 Å². The molecule has 3 unspecified atom stereocenters. The third kappa shape index (κ3) is 4.20. The van der Waals surface area contributed by atoms with Crippen molar-refractivity contribution in [3.05, 3.63) is 54.6 Å². The number of carbonyl (C=O) groups is 1. The zero-order valence-electron chi connectivity index (χ0n) is 18.2. The number of nitrogens with zero attached hydrogens (tertiary/aromatic N) is 4. The van der Waals surface area contributed by atoms with E-state index in [-0.39, 0.29) is 36.8 Å². The summed E-state index contributed by atoms with van der Waals surface area (Å²) < 4.78 is 14.3. The zero-order chi connectivity index (χ0) is 22.8. The quantitative estimate of drug-likeness (QED) is 0.527. The van der Waals surface area contributed by atoms with Crippen LogP contribution in [0.15, 0.2) is 49.1 Å². The van der Waals surface area contributed by atoms with Gasteiger partial charge in [0.15, 0.2) is 23.3 Å². The second kappa shape index (κ2) is 9.26. The molecule has 172 valence electrons. The molecule has 1 saturated heterocycles. The summed E-state index contributed by atoms with van der Waals surface area (Å²) >= 11 is 0. The Kier molecular flexibility index (Phi) is 6.03. The molecule has 1 aliphatic carbocycles. The fraction of sp³-hybridized carbons (Fsp3) is 0.391. The second-order valence-corrected chi connectivity index (χ2v) is 8.12. The smallest absolute Gasteiger partial charge is 0.320 e. The van der Waals surface area contributed by atoms with E-state index in [9.17, 15) is 9.90 Å². The Morgan fingerprint density at radius 2 is 2.03 bits per heavy atom. The van der Waals surface area contributed by atoms with Crippen LogP contribution in [-0.4, -0.2) is 62.3 Å². The van der Waals surface area contributed by atoms with Gasteiger partial charge in [-0.15, -0.1) is 0 Å². The van der Waals surface area contributed by atoms with Crippen LogP contribution >= 0.6 is 0 Å². The zero-order valence-corrected chi connectivity index (χ0v) is 18.2. The number of aromatic nitrogens is 4. The molecule has 0 bridgehead atoms. The van der Waals surface area contributed by atoms with Crippen molar-refractivity contribution in [1.82, 2.24) is 24.8 Å². The van der Waals surface area contributed by atoms with Crippen LogP contribution in [0.25, 0.3) is 17.2 Å². The summed E-state index contributed by atoms with van der Waals surface area (Å²) in [6, 6.07) is 9.46. The molecule has 3 aromatic rings. The molecule has 3 heterocycles. The molecule has 3 N–H and O–H groups in total. The average molecular weight is 450 g/mol. The minimum absolute atomic E-state index is 0.00174. The van der Waals surface area contributed by atoms with Gasteiger partial charge in [0.1, 0.15) is 12.4 Å². The van der Waals surface area contributed by atoms with Gasteiger partial charge in [0.05, 0.1) is 18.5 Å². The Balaban J connectivity index is 1.39. The van der Waals surface area contributed by atoms with Crippen molar-refractivity contribution in [2.75, 3.05) is 18.5 Å². The average Bonchev–Trinajstić information content (AvgIpc) is 3.52. The molecule has 5 atom stereocenters. The highest BCUT2D eigenvalue weighted by atomic mass is 16.7. The molecule has 5 rings (SSSR count). The normalized spacial score (nSPS) is 26.7. The highest BCUT2D eigenvalue weighted by Crippen LogP contribution is 2.45. The van der Waals surface area contributed by atoms with Crippen molar-refractivity contribution in [3.8, 4) is 0 Å². The third-order valence-electron chi connectivity index (χ3n) is 6.06. The monoisotopic (exact) mass is 450 g/mol. The summed E-state index contributed by atoms with van der Waals surface area (Å²) in [5.41, 5.74) is 2.14. The predicted octanol–water partition coefficient (Wildman–Crippen LogP) is 2.34. The fourth-order valence-electron chi connectivity index (χ4n) is 4.56. The first-order valence-electron chi connectivity index (χ1n) is 11.1. The Bertz CT molecular complexity index is 1150. The molecular weight excluding hydrogens is 424 g/mol. The Hall–Kier alpha value is -3.34. The third-order valence-corrected chi connectivity index (χ3v) is 6.06. The summed E-state index contributed by atoms with van der Waals surface area (Å²) in [5, 5.41) is 15.4. The molecule has 2 amide bonds. The van der Waals surface area contributed by atoms with Gasteiger partial charge in [-0.3, -0.25) is 5.32 Å². The van der Waals surface area contributed by atoms with E-state index in [1.165, 1.54) is 6.33 Å². The van der Waals surface area contributed by atoms with Crippen molar-refractivity contribution in [1.29, 1.82) is 0 Å². The Morgan fingerprint density at radius 1 is 1.21 bits per heavy atom. The van der Waals surface area contributed by atoms with Crippen LogP contribution < -0.4 is 10.6 Å². The number of rotatable bonds is 6. The van der Waals surface area contributed by atoms with Gasteiger partial charge < -0.3 is 24.5 Å². The molecule has 10 nitrogen and oxygen atoms in total. The van der Waals surface area contributed by atoms with E-state index < -0.39 is 6.29 Å². The van der Waals surface area contributed by atoms with Crippen LogP contribution in [0, 0.1) is 5.92 Å². The Labute approximate surface area is 190 Å². The first-order valence-corrected chi connectivity index (χ1v) is 11.1. The van der Waals surface area contributed by atoms with Crippen LogP contribution in [0.2, 0.25) is 0 Å². The number of hydrogen-bond donors (Lipinski definition) is 3. The van der Waals surface area contributed by atoms with E-state index in [1.54, 1.807) is 6.33 Å². The van der Waals surface area contributed by atoms with Gasteiger partial charge in [-0.05, 0) is 25.0 Å². The van der Waals surface area contributed by atoms with Gasteiger partial charge >= 0.3 is 6.03 Å². The number of urea groups is 1. The van der Waals surface area contributed by atoms with Crippen molar-refractivity contribution in [2.45, 2.75) is 37.9 Å². The fourth-order valence-corrected chi connectivity index (χ4v) is 4.56. The van der Waals surface area contributed by atoms with Gasteiger partial charge in [0, 0.05) is 19.1 Å². The van der Waals surface area contributed by atoms with Crippen LogP contribution in [0.5, 0.6) is 0 Å². The minimum atomic E-state index is -0.503. The molecule has 1 saturated carbocycles. The molecule has 10 heteroatoms. The van der Waals surface area contributed by atoms with Crippen LogP contribution in [0.1, 0.15) is 24.9 Å². The molecule has 0 radical (unpaired) electrons. The lowest BCUT2D eigenvalue weighted by molar-refractivity contribution is -0.0539. The van der Waals surface area contributed by atoms with Gasteiger partial charge in [-0.1, -0.05) is 36.4 Å². The van der Waals surface area contributed by atoms with Crippen LogP contribution in [-0.2, 0) is 9.47 Å². The number of amides is 2. The highest BCUT2D eigenvalue weighted by Gasteiger charge is 2.51. The predicted molar refractivity (Wildman–Crippen MR) is 121 cm³/mol. The molecule has 2 aromatic heterocycles. The summed E-state index contributed by atoms with van der Waals surface area (Å²) in [6.07, 6.45) is 6.59. The highest BCUT2D eigenvalue weighted by molar-refractivity contribution is 5.95. The molecular formula is C23H26N6O4. The van der Waals surface area contributed by atoms with Crippen molar-refractivity contribution < 1.29 is 19.4 Å². The maximum Gasteiger partial charge on any atom is 0.320 e. The topological polar surface area (TPSA) is 123 Å². The van der Waals surface area contributed by atoms with Gasteiger partial charge in [0.25, 0.3) is 0 Å². The number of benzene rings is 1. The number of anilines is 1. The number of hydrogen-bond acceptors (Lipinski definition) is 7. The number of aliphatic hydroxyl groups excluding tert-OH is 1. The lowest BCUT2D eigenvalue weighted by Crippen LogP contribution is -2.29. The van der Waals surface area contributed by atoms with Crippen LogP contribution in [0.3, 0.4) is 0 Å². The van der Waals surface area contributed by atoms with Crippen molar-refractivity contribution in [2.24, 2.45) is 5.92 Å². The molecule has 1 aromatic carbocycles. The molecule has 1 aliphatic heterocycles. The number of nitrogens with one attached hydrogen (secondary N) is 2. The molecule has 2 aliphatic rings. The number of fused-ring (bicyclic) bond motifs is 2. The maximum absolute atomic E-state index is 12.0. The van der Waals surface area contributed by atoms with Crippen molar-refractivity contribution >= 4 is 29.1 Å². The minimum Gasteiger partial charge on any atom is -0.396 e. The van der Waals surface area contributed by atoms with Crippen LogP contribution in [0.4, 0.5) is 10.6 Å². The standard InChI is InChI=1S/C23H26N6O4/c1-2-24-23(31)28-21-18-22(26-12-25-21)29(13-27-18)16-10-15(11-30)19-20(16)33-17(32-19)9-8-14-6-4-3-5-7-14/h3-9,12-13,15-17,19-20,30H,2,10-11H2,1H3,(H2,24,25,26,28,31)/t15?,16?,17-,19-,20?/m1/s1. The number of imidazole rings is 1. The van der Waals surface area contributed by atoms with E-state index in [0.29, 0.717) is 29.9 Å². The first-order chi connectivity index (χ1) is 16.2. The molecule has 2 fully saturated rings. The SMILES string of the molecule is CCNC(=O)Nc1ncnc2c1ncn2C1CC(CO)[C@H]2O[C@@H](C=Cc3ccccc3)OC12. The van der Waals surface area contributed by atoms with E-state index in [2.05, 4.69) is 25.6 Å².